The molecule has 2 aliphatic rings. The second kappa shape index (κ2) is 8.13. The molecule has 4 rings (SSSR count). The van der Waals surface area contributed by atoms with Crippen molar-refractivity contribution in [3.63, 3.8) is 0 Å². The number of amides is 1. The van der Waals surface area contributed by atoms with E-state index >= 15 is 0 Å². The van der Waals surface area contributed by atoms with E-state index in [1.54, 1.807) is 17.0 Å². The van der Waals surface area contributed by atoms with Crippen molar-refractivity contribution in [1.29, 1.82) is 0 Å². The molecule has 3 heterocycles. The van der Waals surface area contributed by atoms with Gasteiger partial charge in [-0.25, -0.2) is 0 Å². The smallest absolute Gasteiger partial charge is 0.290 e. The van der Waals surface area contributed by atoms with Gasteiger partial charge in [0.25, 0.3) is 5.91 Å². The Bertz CT molecular complexity index is 924. The van der Waals surface area contributed by atoms with E-state index in [2.05, 4.69) is 13.8 Å². The third-order valence-corrected chi connectivity index (χ3v) is 6.51. The highest BCUT2D eigenvalue weighted by Gasteiger charge is 2.45. The average molecular weight is 412 g/mol. The lowest BCUT2D eigenvalue weighted by Crippen LogP contribution is -2.37. The minimum atomic E-state index is -0.609. The van der Waals surface area contributed by atoms with Crippen LogP contribution in [0.2, 0.25) is 0 Å². The van der Waals surface area contributed by atoms with Gasteiger partial charge >= 0.3 is 0 Å². The summed E-state index contributed by atoms with van der Waals surface area (Å²) in [5.41, 5.74) is 2.17. The quantitative estimate of drug-likeness (QED) is 0.704. The predicted octanol–water partition coefficient (Wildman–Crippen LogP) is 4.63. The minimum absolute atomic E-state index is 0.0691. The number of thiophene rings is 1. The van der Waals surface area contributed by atoms with E-state index in [4.69, 9.17) is 4.74 Å². The third kappa shape index (κ3) is 3.74. The molecule has 2 atom stereocenters. The van der Waals surface area contributed by atoms with Crippen molar-refractivity contribution in [2.24, 2.45) is 0 Å². The van der Waals surface area contributed by atoms with Crippen LogP contribution in [-0.2, 0) is 9.53 Å². The molecular weight excluding hydrogens is 386 g/mol. The lowest BCUT2D eigenvalue weighted by molar-refractivity contribution is -0.131. The van der Waals surface area contributed by atoms with Crippen LogP contribution in [0.3, 0.4) is 0 Å². The first-order valence-electron chi connectivity index (χ1n) is 10.0. The minimum Gasteiger partial charge on any atom is -0.503 e. The number of hydrogen-bond donors (Lipinski definition) is 1. The summed E-state index contributed by atoms with van der Waals surface area (Å²) in [6, 6.07) is 10.9. The molecule has 0 saturated carbocycles. The first-order valence-corrected chi connectivity index (χ1v) is 10.9. The normalized spacial score (nSPS) is 22.2. The highest BCUT2D eigenvalue weighted by atomic mass is 32.1. The van der Waals surface area contributed by atoms with Gasteiger partial charge < -0.3 is 14.7 Å². The zero-order valence-corrected chi connectivity index (χ0v) is 17.4. The molecule has 1 fully saturated rings. The van der Waals surface area contributed by atoms with Crippen LogP contribution in [0.15, 0.2) is 53.1 Å². The van der Waals surface area contributed by atoms with Crippen molar-refractivity contribution < 1.29 is 19.4 Å². The Labute approximate surface area is 174 Å². The van der Waals surface area contributed by atoms with Gasteiger partial charge in [-0.05, 0) is 41.3 Å². The van der Waals surface area contributed by atoms with Gasteiger partial charge in [0.15, 0.2) is 5.76 Å². The predicted molar refractivity (Wildman–Crippen MR) is 112 cm³/mol. The summed E-state index contributed by atoms with van der Waals surface area (Å²) in [6.07, 6.45) is 1.76. The number of benzene rings is 1. The lowest BCUT2D eigenvalue weighted by Gasteiger charge is -2.29. The molecular formula is C23H25NO4S. The number of ether oxygens (including phenoxy) is 1. The highest BCUT2D eigenvalue weighted by Crippen LogP contribution is 2.40. The zero-order chi connectivity index (χ0) is 20.5. The van der Waals surface area contributed by atoms with Gasteiger partial charge in [0.05, 0.1) is 22.6 Å². The van der Waals surface area contributed by atoms with E-state index in [1.165, 1.54) is 16.9 Å². The van der Waals surface area contributed by atoms with Crippen LogP contribution in [0.5, 0.6) is 0 Å². The van der Waals surface area contributed by atoms with E-state index < -0.39 is 17.7 Å². The fraction of sp³-hybridized carbons (Fsp3) is 0.391. The molecule has 1 amide bonds. The standard InChI is InChI=1S/C23H25NO4S/c1-14(2)15-7-9-16(10-8-15)20-19(21(25)18-6-4-12-29-18)22(26)23(27)24(20)13-17-5-3-11-28-17/h4,6-10,12,14,17,20,26H,3,5,11,13H2,1-2H3/t17-,20-/m0/s1. The molecule has 0 bridgehead atoms. The summed E-state index contributed by atoms with van der Waals surface area (Å²) in [4.78, 5) is 28.2. The molecule has 1 N–H and O–H groups in total. The molecule has 1 aromatic carbocycles. The van der Waals surface area contributed by atoms with Crippen LogP contribution in [-0.4, -0.2) is 41.0 Å². The zero-order valence-electron chi connectivity index (χ0n) is 16.6. The summed E-state index contributed by atoms with van der Waals surface area (Å²) in [5.74, 6) is -0.857. The maximum atomic E-state index is 13.2. The van der Waals surface area contributed by atoms with Crippen LogP contribution in [0.25, 0.3) is 0 Å². The van der Waals surface area contributed by atoms with Crippen LogP contribution in [0.4, 0.5) is 0 Å². The van der Waals surface area contributed by atoms with E-state index in [9.17, 15) is 14.7 Å². The molecule has 0 aliphatic carbocycles. The van der Waals surface area contributed by atoms with E-state index in [0.29, 0.717) is 23.9 Å². The number of carbonyl (C=O) groups is 2. The van der Waals surface area contributed by atoms with Crippen LogP contribution in [0, 0.1) is 0 Å². The molecule has 152 valence electrons. The Morgan fingerprint density at radius 3 is 2.62 bits per heavy atom. The number of hydrogen-bond acceptors (Lipinski definition) is 5. The molecule has 6 heteroatoms. The van der Waals surface area contributed by atoms with Gasteiger partial charge in [-0.15, -0.1) is 11.3 Å². The monoisotopic (exact) mass is 411 g/mol. The Balaban J connectivity index is 1.74. The molecule has 5 nitrogen and oxygen atoms in total. The summed E-state index contributed by atoms with van der Waals surface area (Å²) >= 11 is 1.31. The van der Waals surface area contributed by atoms with Gasteiger partial charge in [-0.1, -0.05) is 44.2 Å². The Morgan fingerprint density at radius 2 is 2.03 bits per heavy atom. The average Bonchev–Trinajstić information content (AvgIpc) is 3.46. The van der Waals surface area contributed by atoms with Gasteiger partial charge in [0.1, 0.15) is 0 Å². The molecule has 29 heavy (non-hydrogen) atoms. The molecule has 0 spiro atoms. The van der Waals surface area contributed by atoms with Gasteiger partial charge in [0.2, 0.25) is 5.78 Å². The van der Waals surface area contributed by atoms with Crippen molar-refractivity contribution in [1.82, 2.24) is 4.90 Å². The van der Waals surface area contributed by atoms with E-state index in [1.807, 2.05) is 29.6 Å². The molecule has 1 saturated heterocycles. The van der Waals surface area contributed by atoms with Crippen molar-refractivity contribution in [2.75, 3.05) is 13.2 Å². The summed E-state index contributed by atoms with van der Waals surface area (Å²) in [5, 5.41) is 12.5. The van der Waals surface area contributed by atoms with E-state index in [-0.39, 0.29) is 17.5 Å². The van der Waals surface area contributed by atoms with Crippen LogP contribution >= 0.6 is 11.3 Å². The maximum absolute atomic E-state index is 13.2. The topological polar surface area (TPSA) is 66.8 Å². The first kappa shape index (κ1) is 19.9. The van der Waals surface area contributed by atoms with Crippen molar-refractivity contribution in [3.8, 4) is 0 Å². The number of rotatable bonds is 6. The fourth-order valence-electron chi connectivity index (χ4n) is 4.03. The molecule has 0 unspecified atom stereocenters. The third-order valence-electron chi connectivity index (χ3n) is 5.64. The maximum Gasteiger partial charge on any atom is 0.290 e. The number of aliphatic hydroxyl groups excluding tert-OH is 1. The summed E-state index contributed by atoms with van der Waals surface area (Å²) < 4.78 is 5.72. The van der Waals surface area contributed by atoms with Crippen molar-refractivity contribution in [3.05, 3.63) is 69.1 Å². The van der Waals surface area contributed by atoms with Crippen molar-refractivity contribution >= 4 is 23.0 Å². The molecule has 2 aromatic rings. The molecule has 1 aromatic heterocycles. The largest absolute Gasteiger partial charge is 0.503 e. The van der Waals surface area contributed by atoms with Crippen LogP contribution in [0.1, 0.15) is 59.4 Å². The fourth-order valence-corrected chi connectivity index (χ4v) is 4.71. The number of ketones is 1. The first-order chi connectivity index (χ1) is 14.0. The van der Waals surface area contributed by atoms with Crippen molar-refractivity contribution in [2.45, 2.75) is 44.8 Å². The summed E-state index contributed by atoms with van der Waals surface area (Å²) in [6.45, 7) is 5.28. The van der Waals surface area contributed by atoms with E-state index in [0.717, 1.165) is 18.4 Å². The highest BCUT2D eigenvalue weighted by molar-refractivity contribution is 7.12. The Kier molecular flexibility index (Phi) is 5.56. The Hall–Kier alpha value is -2.44. The molecule has 2 aliphatic heterocycles. The number of aliphatic hydroxyl groups is 1. The Morgan fingerprint density at radius 1 is 1.28 bits per heavy atom. The SMILES string of the molecule is CC(C)c1ccc([C@H]2C(C(=O)c3cccs3)=C(O)C(=O)N2C[C@@H]2CCCO2)cc1. The second-order valence-electron chi connectivity index (χ2n) is 7.89. The number of nitrogens with zero attached hydrogens (tertiary/aromatic N) is 1. The lowest BCUT2D eigenvalue weighted by atomic mass is 9.93. The number of Topliss-reactive ketones (excluding diaryl/α,β-unsaturated/α-hetero) is 1. The summed E-state index contributed by atoms with van der Waals surface area (Å²) in [7, 11) is 0. The van der Waals surface area contributed by atoms with Gasteiger partial charge in [-0.2, -0.15) is 0 Å². The van der Waals surface area contributed by atoms with Gasteiger partial charge in [-0.3, -0.25) is 9.59 Å². The molecule has 0 radical (unpaired) electrons. The number of carbonyl (C=O) groups excluding carboxylic acids is 2. The van der Waals surface area contributed by atoms with Crippen LogP contribution < -0.4 is 0 Å². The second-order valence-corrected chi connectivity index (χ2v) is 8.83. The van der Waals surface area contributed by atoms with Gasteiger partial charge in [0, 0.05) is 13.2 Å².